The first-order chi connectivity index (χ1) is 9.21. The van der Waals surface area contributed by atoms with Crippen molar-refractivity contribution in [3.8, 4) is 0 Å². The SMILES string of the molecule is CCC(CC)(CO)NS(=O)(=O)c1cc(C(=O)O)sc1Br. The number of rotatable bonds is 7. The zero-order valence-corrected chi connectivity index (χ0v) is 14.2. The molecule has 6 nitrogen and oxygen atoms in total. The van der Waals surface area contributed by atoms with Crippen LogP contribution in [0.25, 0.3) is 0 Å². The number of nitrogens with one attached hydrogen (secondary N) is 1. The Morgan fingerprint density at radius 1 is 1.45 bits per heavy atom. The largest absolute Gasteiger partial charge is 0.477 e. The van der Waals surface area contributed by atoms with Gasteiger partial charge in [-0.3, -0.25) is 0 Å². The van der Waals surface area contributed by atoms with E-state index >= 15 is 0 Å². The molecule has 0 atom stereocenters. The van der Waals surface area contributed by atoms with Crippen molar-refractivity contribution < 1.29 is 23.4 Å². The highest BCUT2D eigenvalue weighted by molar-refractivity contribution is 9.11. The maximum atomic E-state index is 12.3. The van der Waals surface area contributed by atoms with E-state index in [2.05, 4.69) is 20.7 Å². The first-order valence-electron chi connectivity index (χ1n) is 5.88. The molecule has 0 fully saturated rings. The number of halogens is 1. The second-order valence-corrected chi connectivity index (χ2v) is 8.33. The van der Waals surface area contributed by atoms with Crippen LogP contribution >= 0.6 is 27.3 Å². The second kappa shape index (κ2) is 6.52. The van der Waals surface area contributed by atoms with Crippen molar-refractivity contribution in [3.05, 3.63) is 14.7 Å². The van der Waals surface area contributed by atoms with Gasteiger partial charge in [-0.2, -0.15) is 0 Å². The molecule has 1 aromatic heterocycles. The van der Waals surface area contributed by atoms with Gasteiger partial charge in [0, 0.05) is 0 Å². The van der Waals surface area contributed by atoms with Crippen molar-refractivity contribution in [2.45, 2.75) is 37.1 Å². The molecular formula is C11H16BrNO5S2. The third-order valence-corrected chi connectivity index (χ3v) is 6.98. The van der Waals surface area contributed by atoms with Gasteiger partial charge in [0.25, 0.3) is 0 Å². The van der Waals surface area contributed by atoms with E-state index in [0.29, 0.717) is 12.8 Å². The Balaban J connectivity index is 3.20. The Kier molecular flexibility index (Phi) is 5.73. The van der Waals surface area contributed by atoms with E-state index in [4.69, 9.17) is 5.11 Å². The van der Waals surface area contributed by atoms with E-state index in [1.54, 1.807) is 13.8 Å². The fourth-order valence-corrected chi connectivity index (χ4v) is 5.57. The van der Waals surface area contributed by atoms with Gasteiger partial charge in [-0.05, 0) is 34.8 Å². The summed E-state index contributed by atoms with van der Waals surface area (Å²) in [5, 5.41) is 18.3. The Morgan fingerprint density at radius 3 is 2.35 bits per heavy atom. The molecule has 0 aliphatic heterocycles. The van der Waals surface area contributed by atoms with Gasteiger partial charge in [0.05, 0.1) is 15.9 Å². The molecule has 1 rings (SSSR count). The number of carbonyl (C=O) groups is 1. The van der Waals surface area contributed by atoms with E-state index in [1.807, 2.05) is 0 Å². The van der Waals surface area contributed by atoms with Crippen molar-refractivity contribution in [2.75, 3.05) is 6.61 Å². The van der Waals surface area contributed by atoms with Crippen LogP contribution in [0.5, 0.6) is 0 Å². The van der Waals surface area contributed by atoms with Crippen LogP contribution in [-0.4, -0.2) is 36.7 Å². The molecule has 114 valence electrons. The maximum absolute atomic E-state index is 12.3. The smallest absolute Gasteiger partial charge is 0.345 e. The lowest BCUT2D eigenvalue weighted by molar-refractivity contribution is 0.0702. The third kappa shape index (κ3) is 3.59. The summed E-state index contributed by atoms with van der Waals surface area (Å²) in [6.07, 6.45) is 0.847. The number of carboxylic acids is 1. The number of aliphatic hydroxyl groups excluding tert-OH is 1. The van der Waals surface area contributed by atoms with Gasteiger partial charge in [-0.25, -0.2) is 17.9 Å². The number of hydrogen-bond donors (Lipinski definition) is 3. The molecule has 3 N–H and O–H groups in total. The predicted molar refractivity (Wildman–Crippen MR) is 79.7 cm³/mol. The summed E-state index contributed by atoms with van der Waals surface area (Å²) in [5.74, 6) is -1.18. The van der Waals surface area contributed by atoms with Crippen LogP contribution in [0.15, 0.2) is 14.7 Å². The Bertz CT molecular complexity index is 584. The van der Waals surface area contributed by atoms with Crippen molar-refractivity contribution in [3.63, 3.8) is 0 Å². The first-order valence-corrected chi connectivity index (χ1v) is 8.98. The molecule has 0 saturated carbocycles. The predicted octanol–water partition coefficient (Wildman–Crippen LogP) is 2.04. The Hall–Kier alpha value is -0.480. The van der Waals surface area contributed by atoms with Crippen molar-refractivity contribution >= 4 is 43.3 Å². The van der Waals surface area contributed by atoms with Crippen LogP contribution in [0.4, 0.5) is 0 Å². The topological polar surface area (TPSA) is 104 Å². The minimum atomic E-state index is -3.91. The zero-order chi connectivity index (χ0) is 15.6. The molecule has 0 bridgehead atoms. The molecule has 1 aromatic rings. The van der Waals surface area contributed by atoms with Crippen LogP contribution < -0.4 is 4.72 Å². The highest BCUT2D eigenvalue weighted by atomic mass is 79.9. The summed E-state index contributed by atoms with van der Waals surface area (Å²) >= 11 is 3.90. The Labute approximate surface area is 130 Å². The van der Waals surface area contributed by atoms with Gasteiger partial charge < -0.3 is 10.2 Å². The number of aliphatic hydroxyl groups is 1. The van der Waals surface area contributed by atoms with Gasteiger partial charge >= 0.3 is 5.97 Å². The van der Waals surface area contributed by atoms with Gasteiger partial charge in [-0.1, -0.05) is 13.8 Å². The summed E-state index contributed by atoms with van der Waals surface area (Å²) in [5.41, 5.74) is -0.941. The summed E-state index contributed by atoms with van der Waals surface area (Å²) < 4.78 is 27.4. The quantitative estimate of drug-likeness (QED) is 0.665. The molecule has 0 spiro atoms. The summed E-state index contributed by atoms with van der Waals surface area (Å²) in [7, 11) is -3.91. The molecule has 0 aliphatic carbocycles. The van der Waals surface area contributed by atoms with E-state index in [0.717, 1.165) is 17.4 Å². The van der Waals surface area contributed by atoms with Crippen molar-refractivity contribution in [2.24, 2.45) is 0 Å². The third-order valence-electron chi connectivity index (χ3n) is 3.16. The number of aromatic carboxylic acids is 1. The molecule has 0 saturated heterocycles. The first kappa shape index (κ1) is 17.6. The fraction of sp³-hybridized carbons (Fsp3) is 0.545. The standard InChI is InChI=1S/C11H16BrNO5S2/c1-3-11(4-2,6-14)13-20(17,18)8-5-7(10(15)16)19-9(8)12/h5,13-14H,3-4,6H2,1-2H3,(H,15,16). The van der Waals surface area contributed by atoms with Gasteiger partial charge in [0.2, 0.25) is 10.0 Å². The highest BCUT2D eigenvalue weighted by Crippen LogP contribution is 2.32. The zero-order valence-electron chi connectivity index (χ0n) is 11.0. The fourth-order valence-electron chi connectivity index (χ4n) is 1.63. The number of hydrogen-bond acceptors (Lipinski definition) is 5. The Morgan fingerprint density at radius 2 is 2.00 bits per heavy atom. The molecule has 0 unspecified atom stereocenters. The number of carboxylic acid groups (broad SMARTS) is 1. The summed E-state index contributed by atoms with van der Waals surface area (Å²) in [6, 6.07) is 1.10. The summed E-state index contributed by atoms with van der Waals surface area (Å²) in [4.78, 5) is 10.7. The highest BCUT2D eigenvalue weighted by Gasteiger charge is 2.33. The van der Waals surface area contributed by atoms with E-state index in [1.165, 1.54) is 0 Å². The minimum absolute atomic E-state index is 0.0696. The summed E-state index contributed by atoms with van der Waals surface area (Å²) in [6.45, 7) is 3.22. The molecule has 0 radical (unpaired) electrons. The maximum Gasteiger partial charge on any atom is 0.345 e. The lowest BCUT2D eigenvalue weighted by Gasteiger charge is -2.30. The molecule has 0 aromatic carbocycles. The number of thiophene rings is 1. The average molecular weight is 386 g/mol. The van der Waals surface area contributed by atoms with E-state index < -0.39 is 21.5 Å². The van der Waals surface area contributed by atoms with Crippen molar-refractivity contribution in [1.82, 2.24) is 4.72 Å². The number of sulfonamides is 1. The average Bonchev–Trinajstić information content (AvgIpc) is 2.79. The van der Waals surface area contributed by atoms with E-state index in [9.17, 15) is 18.3 Å². The van der Waals surface area contributed by atoms with Crippen LogP contribution in [0.2, 0.25) is 0 Å². The lowest BCUT2D eigenvalue weighted by Crippen LogP contribution is -2.50. The molecule has 1 heterocycles. The molecule has 20 heavy (non-hydrogen) atoms. The van der Waals surface area contributed by atoms with E-state index in [-0.39, 0.29) is 20.2 Å². The molecular weight excluding hydrogens is 370 g/mol. The van der Waals surface area contributed by atoms with Gasteiger partial charge in [-0.15, -0.1) is 11.3 Å². The monoisotopic (exact) mass is 385 g/mol. The molecule has 9 heteroatoms. The molecule has 0 amide bonds. The normalized spacial score (nSPS) is 12.6. The van der Waals surface area contributed by atoms with Crippen LogP contribution in [0.1, 0.15) is 36.4 Å². The van der Waals surface area contributed by atoms with Gasteiger partial charge in [0.15, 0.2) is 0 Å². The van der Waals surface area contributed by atoms with Crippen molar-refractivity contribution in [1.29, 1.82) is 0 Å². The van der Waals surface area contributed by atoms with Gasteiger partial charge in [0.1, 0.15) is 9.77 Å². The molecule has 0 aliphatic rings. The second-order valence-electron chi connectivity index (χ2n) is 4.30. The minimum Gasteiger partial charge on any atom is -0.477 e. The van der Waals surface area contributed by atoms with Crippen LogP contribution in [0, 0.1) is 0 Å². The van der Waals surface area contributed by atoms with Crippen LogP contribution in [0.3, 0.4) is 0 Å². The lowest BCUT2D eigenvalue weighted by atomic mass is 9.96. The van der Waals surface area contributed by atoms with Crippen LogP contribution in [-0.2, 0) is 10.0 Å².